The number of carbonyl (C=O) groups excluding carboxylic acids is 1. The minimum Gasteiger partial charge on any atom is -0.492 e. The summed E-state index contributed by atoms with van der Waals surface area (Å²) in [5.74, 6) is -0.505. The predicted molar refractivity (Wildman–Crippen MR) is 120 cm³/mol. The molecule has 8 nitrogen and oxygen atoms in total. The minimum absolute atomic E-state index is 0.0117. The van der Waals surface area contributed by atoms with Crippen LogP contribution in [0.15, 0.2) is 29.1 Å². The zero-order chi connectivity index (χ0) is 24.6. The molecule has 0 saturated heterocycles. The number of alkyl halides is 3. The lowest BCUT2D eigenvalue weighted by Crippen LogP contribution is -2.37. The van der Waals surface area contributed by atoms with E-state index in [-0.39, 0.29) is 15.7 Å². The average molecular weight is 484 g/mol. The van der Waals surface area contributed by atoms with Gasteiger partial charge in [0.1, 0.15) is 34.2 Å². The third-order valence-electron chi connectivity index (χ3n) is 4.26. The van der Waals surface area contributed by atoms with Gasteiger partial charge in [0.15, 0.2) is 5.57 Å². The van der Waals surface area contributed by atoms with Gasteiger partial charge in [-0.3, -0.25) is 14.2 Å². The highest BCUT2D eigenvalue weighted by molar-refractivity contribution is 7.07. The van der Waals surface area contributed by atoms with Crippen molar-refractivity contribution in [1.29, 1.82) is 5.26 Å². The number of carbonyl (C=O) groups is 1. The molecule has 0 radical (unpaired) electrons. The molecule has 0 aliphatic heterocycles. The molecule has 178 valence electrons. The third-order valence-corrected chi connectivity index (χ3v) is 5.39. The van der Waals surface area contributed by atoms with E-state index in [0.717, 1.165) is 17.9 Å². The van der Waals surface area contributed by atoms with Crippen molar-refractivity contribution in [2.45, 2.75) is 19.6 Å². The summed E-state index contributed by atoms with van der Waals surface area (Å²) < 4.78 is 44.2. The number of anilines is 1. The smallest absolute Gasteiger partial charge is 0.405 e. The summed E-state index contributed by atoms with van der Waals surface area (Å²) in [6.07, 6.45) is -3.20. The topological polar surface area (TPSA) is 99.4 Å². The van der Waals surface area contributed by atoms with Crippen molar-refractivity contribution in [3.63, 3.8) is 0 Å². The van der Waals surface area contributed by atoms with Gasteiger partial charge < -0.3 is 20.3 Å². The molecule has 0 spiro atoms. The Morgan fingerprint density at radius 3 is 2.52 bits per heavy atom. The van der Waals surface area contributed by atoms with Gasteiger partial charge in [0.25, 0.3) is 11.5 Å². The van der Waals surface area contributed by atoms with Crippen LogP contribution in [0.4, 0.5) is 18.9 Å². The average Bonchev–Trinajstić information content (AvgIpc) is 3.06. The highest BCUT2D eigenvalue weighted by Crippen LogP contribution is 2.15. The SMILES string of the molecule is CCn1c(=O)/c(=C\Nc2ccc(OCCN(C)C)cc2)s/c1=C(/C#N)C(=O)NCC(F)(F)F. The van der Waals surface area contributed by atoms with E-state index >= 15 is 0 Å². The van der Waals surface area contributed by atoms with Crippen LogP contribution >= 0.6 is 11.3 Å². The van der Waals surface area contributed by atoms with Crippen LogP contribution in [0, 0.1) is 11.3 Å². The number of ether oxygens (including phenoxy) is 1. The lowest BCUT2D eigenvalue weighted by atomic mass is 10.3. The molecular weight excluding hydrogens is 459 g/mol. The summed E-state index contributed by atoms with van der Waals surface area (Å²) in [6.45, 7) is 1.50. The molecular formula is C21H24F3N5O3S. The molecule has 0 bridgehead atoms. The van der Waals surface area contributed by atoms with Gasteiger partial charge in [-0.25, -0.2) is 0 Å². The molecule has 1 amide bonds. The second-order valence-electron chi connectivity index (χ2n) is 7.07. The van der Waals surface area contributed by atoms with Crippen LogP contribution in [0.5, 0.6) is 5.75 Å². The second kappa shape index (κ2) is 11.5. The van der Waals surface area contributed by atoms with Gasteiger partial charge in [0.2, 0.25) is 0 Å². The first-order valence-electron chi connectivity index (χ1n) is 9.89. The number of thiazole rings is 1. The molecule has 2 aromatic rings. The predicted octanol–water partition coefficient (Wildman–Crippen LogP) is 1.07. The van der Waals surface area contributed by atoms with Gasteiger partial charge in [-0.15, -0.1) is 11.3 Å². The van der Waals surface area contributed by atoms with E-state index in [0.29, 0.717) is 18.0 Å². The van der Waals surface area contributed by atoms with Crippen LogP contribution in [-0.2, 0) is 11.3 Å². The fraction of sp³-hybridized carbons (Fsp3) is 0.381. The van der Waals surface area contributed by atoms with E-state index in [2.05, 4.69) is 5.32 Å². The highest BCUT2D eigenvalue weighted by Gasteiger charge is 2.28. The molecule has 0 aliphatic carbocycles. The van der Waals surface area contributed by atoms with Crippen LogP contribution in [0.2, 0.25) is 0 Å². The molecule has 1 aromatic carbocycles. The molecule has 0 atom stereocenters. The van der Waals surface area contributed by atoms with Crippen molar-refractivity contribution in [1.82, 2.24) is 14.8 Å². The van der Waals surface area contributed by atoms with Gasteiger partial charge in [-0.05, 0) is 45.3 Å². The normalized spacial score (nSPS) is 13.0. The molecule has 0 fully saturated rings. The Kier molecular flexibility index (Phi) is 9.07. The van der Waals surface area contributed by atoms with Crippen molar-refractivity contribution in [2.24, 2.45) is 0 Å². The Morgan fingerprint density at radius 2 is 1.97 bits per heavy atom. The first-order valence-corrected chi connectivity index (χ1v) is 10.7. The number of aromatic nitrogens is 1. The maximum absolute atomic E-state index is 12.7. The number of likely N-dealkylation sites (N-methyl/N-ethyl adjacent to an activating group) is 1. The largest absolute Gasteiger partial charge is 0.492 e. The number of nitrogens with zero attached hydrogens (tertiary/aromatic N) is 3. The van der Waals surface area contributed by atoms with Crippen molar-refractivity contribution in [3.8, 4) is 11.8 Å². The maximum atomic E-state index is 12.7. The lowest BCUT2D eigenvalue weighted by Gasteiger charge is -2.11. The molecule has 0 aliphatic rings. The molecule has 0 unspecified atom stereocenters. The van der Waals surface area contributed by atoms with E-state index < -0.39 is 29.8 Å². The Bertz CT molecular complexity index is 1180. The zero-order valence-electron chi connectivity index (χ0n) is 18.3. The van der Waals surface area contributed by atoms with Gasteiger partial charge in [-0.1, -0.05) is 0 Å². The fourth-order valence-corrected chi connectivity index (χ4v) is 3.69. The van der Waals surface area contributed by atoms with Crippen LogP contribution in [0.1, 0.15) is 6.92 Å². The Balaban J connectivity index is 2.28. The van der Waals surface area contributed by atoms with Gasteiger partial charge in [-0.2, -0.15) is 18.4 Å². The summed E-state index contributed by atoms with van der Waals surface area (Å²) in [5.41, 5.74) is -0.355. The van der Waals surface area contributed by atoms with E-state index in [4.69, 9.17) is 4.74 Å². The van der Waals surface area contributed by atoms with Gasteiger partial charge >= 0.3 is 6.18 Å². The molecule has 2 N–H and O–H groups in total. The van der Waals surface area contributed by atoms with E-state index in [1.165, 1.54) is 10.8 Å². The van der Waals surface area contributed by atoms with E-state index in [1.54, 1.807) is 42.6 Å². The standard InChI is InChI=1S/C21H24F3N5O3S/c1-4-29-19(31)17(33-20(29)16(11-25)18(30)27-13-21(22,23)24)12-26-14-5-7-15(8-6-14)32-10-9-28(2)3/h5-8,12,26H,4,9-10,13H2,1-3H3,(H,27,30)/b17-12+,20-16-. The first kappa shape index (κ1) is 26.0. The number of benzene rings is 1. The molecule has 1 heterocycles. The van der Waals surface area contributed by atoms with Crippen LogP contribution in [0.3, 0.4) is 0 Å². The number of rotatable bonds is 9. The minimum atomic E-state index is -4.62. The van der Waals surface area contributed by atoms with Crippen molar-refractivity contribution >= 4 is 34.7 Å². The third kappa shape index (κ3) is 7.65. The zero-order valence-corrected chi connectivity index (χ0v) is 19.1. The summed E-state index contributed by atoms with van der Waals surface area (Å²) in [6, 6.07) is 8.65. The lowest BCUT2D eigenvalue weighted by molar-refractivity contribution is -0.135. The van der Waals surface area contributed by atoms with Gasteiger partial charge in [0.05, 0.1) is 0 Å². The van der Waals surface area contributed by atoms with E-state index in [9.17, 15) is 28.0 Å². The highest BCUT2D eigenvalue weighted by atomic mass is 32.1. The number of nitriles is 1. The van der Waals surface area contributed by atoms with E-state index in [1.807, 2.05) is 19.0 Å². The summed E-state index contributed by atoms with van der Waals surface area (Å²) in [4.78, 5) is 26.8. The molecule has 0 saturated carbocycles. The van der Waals surface area contributed by atoms with Gasteiger partial charge in [0, 0.05) is 25.0 Å². The Morgan fingerprint density at radius 1 is 1.30 bits per heavy atom. The van der Waals surface area contributed by atoms with Crippen molar-refractivity contribution in [2.75, 3.05) is 39.1 Å². The monoisotopic (exact) mass is 483 g/mol. The quantitative estimate of drug-likeness (QED) is 0.554. The molecule has 12 heteroatoms. The summed E-state index contributed by atoms with van der Waals surface area (Å²) in [5, 5.41) is 14.0. The first-order chi connectivity index (χ1) is 15.6. The number of halogens is 3. The summed E-state index contributed by atoms with van der Waals surface area (Å²) >= 11 is 0.843. The Hall–Kier alpha value is -3.30. The van der Waals surface area contributed by atoms with Crippen molar-refractivity contribution in [3.05, 3.63) is 43.8 Å². The molecule has 1 aromatic heterocycles. The maximum Gasteiger partial charge on any atom is 0.405 e. The Labute approximate surface area is 192 Å². The van der Waals surface area contributed by atoms with Crippen LogP contribution in [0.25, 0.3) is 11.8 Å². The van der Waals surface area contributed by atoms with Crippen LogP contribution < -0.4 is 30.1 Å². The fourth-order valence-electron chi connectivity index (χ4n) is 2.60. The summed E-state index contributed by atoms with van der Waals surface area (Å²) in [7, 11) is 3.89. The van der Waals surface area contributed by atoms with Crippen LogP contribution in [-0.4, -0.2) is 55.3 Å². The number of nitrogens with one attached hydrogen (secondary N) is 2. The number of hydrogen-bond donors (Lipinski definition) is 2. The van der Waals surface area contributed by atoms with Crippen molar-refractivity contribution < 1.29 is 22.7 Å². The molecule has 33 heavy (non-hydrogen) atoms. The second-order valence-corrected chi connectivity index (χ2v) is 8.10. The number of amides is 1. The number of hydrogen-bond acceptors (Lipinski definition) is 7. The molecule has 2 rings (SSSR count).